The Balaban J connectivity index is 1.97. The molecule has 0 radical (unpaired) electrons. The van der Waals surface area contributed by atoms with Crippen molar-refractivity contribution >= 4 is 22.6 Å². The molecule has 3 aromatic rings. The van der Waals surface area contributed by atoms with E-state index in [9.17, 15) is 9.59 Å². The van der Waals surface area contributed by atoms with Gasteiger partial charge in [-0.25, -0.2) is 0 Å². The summed E-state index contributed by atoms with van der Waals surface area (Å²) in [6.45, 7) is 3.97. The molecule has 22 heavy (non-hydrogen) atoms. The summed E-state index contributed by atoms with van der Waals surface area (Å²) < 4.78 is 5.36. The zero-order valence-electron chi connectivity index (χ0n) is 12.3. The van der Waals surface area contributed by atoms with Crippen molar-refractivity contribution in [2.24, 2.45) is 0 Å². The number of aryl methyl sites for hydroxylation is 2. The van der Waals surface area contributed by atoms with Crippen molar-refractivity contribution in [3.05, 3.63) is 75.6 Å². The topological polar surface area (TPSA) is 59.3 Å². The van der Waals surface area contributed by atoms with Gasteiger partial charge in [0.2, 0.25) is 5.43 Å². The van der Waals surface area contributed by atoms with Crippen LogP contribution in [0.25, 0.3) is 11.0 Å². The molecule has 4 nitrogen and oxygen atoms in total. The Morgan fingerprint density at radius 1 is 1.05 bits per heavy atom. The van der Waals surface area contributed by atoms with Gasteiger partial charge in [-0.2, -0.15) is 0 Å². The molecule has 0 saturated carbocycles. The van der Waals surface area contributed by atoms with E-state index in [-0.39, 0.29) is 11.0 Å². The van der Waals surface area contributed by atoms with Crippen LogP contribution in [0.5, 0.6) is 0 Å². The van der Waals surface area contributed by atoms with Gasteiger partial charge >= 0.3 is 0 Å². The fourth-order valence-electron chi connectivity index (χ4n) is 2.25. The number of benzene rings is 2. The lowest BCUT2D eigenvalue weighted by Gasteiger charge is -2.07. The molecule has 1 aromatic heterocycles. The van der Waals surface area contributed by atoms with Crippen LogP contribution in [0.3, 0.4) is 0 Å². The quantitative estimate of drug-likeness (QED) is 0.784. The fraction of sp³-hybridized carbons (Fsp3) is 0.111. The smallest absolute Gasteiger partial charge is 0.262 e. The summed E-state index contributed by atoms with van der Waals surface area (Å²) in [5, 5.41) is 3.13. The van der Waals surface area contributed by atoms with Gasteiger partial charge in [0.25, 0.3) is 5.91 Å². The second kappa shape index (κ2) is 5.48. The van der Waals surface area contributed by atoms with Crippen LogP contribution in [-0.4, -0.2) is 5.91 Å². The first kappa shape index (κ1) is 14.1. The zero-order valence-corrected chi connectivity index (χ0v) is 12.3. The minimum absolute atomic E-state index is 0.00284. The number of hydrogen-bond donors (Lipinski definition) is 1. The van der Waals surface area contributed by atoms with Gasteiger partial charge in [0.15, 0.2) is 0 Å². The van der Waals surface area contributed by atoms with Crippen molar-refractivity contribution in [3.63, 3.8) is 0 Å². The third-order valence-electron chi connectivity index (χ3n) is 3.69. The Morgan fingerprint density at radius 3 is 2.59 bits per heavy atom. The van der Waals surface area contributed by atoms with Crippen molar-refractivity contribution in [1.82, 2.24) is 0 Å². The maximum atomic E-state index is 12.4. The third kappa shape index (κ3) is 2.51. The lowest BCUT2D eigenvalue weighted by atomic mass is 10.1. The van der Waals surface area contributed by atoms with E-state index in [0.29, 0.717) is 16.7 Å². The molecule has 110 valence electrons. The number of fused-ring (bicyclic) bond motifs is 1. The normalized spacial score (nSPS) is 10.6. The predicted molar refractivity (Wildman–Crippen MR) is 86.4 cm³/mol. The van der Waals surface area contributed by atoms with Gasteiger partial charge in [-0.1, -0.05) is 18.2 Å². The molecule has 0 saturated heterocycles. The molecule has 0 spiro atoms. The largest absolute Gasteiger partial charge is 0.463 e. The molecule has 0 bridgehead atoms. The second-order valence-corrected chi connectivity index (χ2v) is 5.23. The molecular weight excluding hydrogens is 278 g/mol. The standard InChI is InChI=1S/C18H15NO3/c1-11-7-8-13(9-12(11)2)19-18(21)15-10-22-16-6-4-3-5-14(16)17(15)20/h3-10H,1-2H3,(H,19,21). The van der Waals surface area contributed by atoms with Crippen LogP contribution in [0.1, 0.15) is 21.5 Å². The number of nitrogens with one attached hydrogen (secondary N) is 1. The van der Waals surface area contributed by atoms with Crippen molar-refractivity contribution < 1.29 is 9.21 Å². The maximum absolute atomic E-state index is 12.4. The van der Waals surface area contributed by atoms with E-state index in [1.54, 1.807) is 24.3 Å². The summed E-state index contributed by atoms with van der Waals surface area (Å²) in [5.74, 6) is -0.470. The highest BCUT2D eigenvalue weighted by atomic mass is 16.3. The van der Waals surface area contributed by atoms with Gasteiger partial charge in [-0.05, 0) is 49.2 Å². The predicted octanol–water partition coefficient (Wildman–Crippen LogP) is 3.66. The number of hydrogen-bond acceptors (Lipinski definition) is 3. The van der Waals surface area contributed by atoms with Crippen LogP contribution in [0.15, 0.2) is 57.9 Å². The molecule has 2 aromatic carbocycles. The Labute approximate surface area is 127 Å². The molecule has 0 aliphatic heterocycles. The Hall–Kier alpha value is -2.88. The molecule has 1 N–H and O–H groups in total. The van der Waals surface area contributed by atoms with Crippen molar-refractivity contribution in [1.29, 1.82) is 0 Å². The molecule has 0 aliphatic rings. The highest BCUT2D eigenvalue weighted by Gasteiger charge is 2.14. The molecular formula is C18H15NO3. The van der Waals surface area contributed by atoms with Crippen LogP contribution in [0, 0.1) is 13.8 Å². The van der Waals surface area contributed by atoms with Gasteiger partial charge in [-0.15, -0.1) is 0 Å². The average Bonchev–Trinajstić information content (AvgIpc) is 2.51. The first-order chi connectivity index (χ1) is 10.6. The van der Waals surface area contributed by atoms with Gasteiger partial charge < -0.3 is 9.73 Å². The summed E-state index contributed by atoms with van der Waals surface area (Å²) in [6.07, 6.45) is 1.21. The average molecular weight is 293 g/mol. The van der Waals surface area contributed by atoms with Crippen LogP contribution < -0.4 is 10.7 Å². The summed E-state index contributed by atoms with van der Waals surface area (Å²) in [6, 6.07) is 12.5. The van der Waals surface area contributed by atoms with Crippen molar-refractivity contribution in [2.75, 3.05) is 5.32 Å². The van der Waals surface area contributed by atoms with Crippen LogP contribution >= 0.6 is 0 Å². The molecule has 1 amide bonds. The van der Waals surface area contributed by atoms with Crippen LogP contribution in [-0.2, 0) is 0 Å². The fourth-order valence-corrected chi connectivity index (χ4v) is 2.25. The lowest BCUT2D eigenvalue weighted by molar-refractivity contribution is 0.102. The van der Waals surface area contributed by atoms with E-state index in [0.717, 1.165) is 11.1 Å². The zero-order chi connectivity index (χ0) is 15.7. The number of amides is 1. The minimum Gasteiger partial charge on any atom is -0.463 e. The Bertz CT molecular complexity index is 925. The maximum Gasteiger partial charge on any atom is 0.262 e. The van der Waals surface area contributed by atoms with Gasteiger partial charge in [0, 0.05) is 5.69 Å². The third-order valence-corrected chi connectivity index (χ3v) is 3.69. The van der Waals surface area contributed by atoms with Gasteiger partial charge in [0.05, 0.1) is 5.39 Å². The Kier molecular flexibility index (Phi) is 3.51. The van der Waals surface area contributed by atoms with Gasteiger partial charge in [0.1, 0.15) is 17.4 Å². The van der Waals surface area contributed by atoms with Gasteiger partial charge in [-0.3, -0.25) is 9.59 Å². The van der Waals surface area contributed by atoms with Crippen molar-refractivity contribution in [3.8, 4) is 0 Å². The first-order valence-electron chi connectivity index (χ1n) is 6.95. The molecule has 0 atom stereocenters. The highest BCUT2D eigenvalue weighted by Crippen LogP contribution is 2.16. The molecule has 0 fully saturated rings. The molecule has 1 heterocycles. The summed E-state index contributed by atoms with van der Waals surface area (Å²) in [7, 11) is 0. The summed E-state index contributed by atoms with van der Waals surface area (Å²) in [4.78, 5) is 24.7. The summed E-state index contributed by atoms with van der Waals surface area (Å²) in [5.41, 5.74) is 3.00. The summed E-state index contributed by atoms with van der Waals surface area (Å²) >= 11 is 0. The van der Waals surface area contributed by atoms with E-state index in [4.69, 9.17) is 4.42 Å². The first-order valence-corrected chi connectivity index (χ1v) is 6.95. The molecule has 3 rings (SSSR count). The van der Waals surface area contributed by atoms with E-state index in [2.05, 4.69) is 5.32 Å². The SMILES string of the molecule is Cc1ccc(NC(=O)c2coc3ccccc3c2=O)cc1C. The monoisotopic (exact) mass is 293 g/mol. The minimum atomic E-state index is -0.470. The number of carbonyl (C=O) groups is 1. The Morgan fingerprint density at radius 2 is 1.82 bits per heavy atom. The van der Waals surface area contributed by atoms with E-state index >= 15 is 0 Å². The van der Waals surface area contributed by atoms with Crippen LogP contribution in [0.4, 0.5) is 5.69 Å². The van der Waals surface area contributed by atoms with E-state index < -0.39 is 5.91 Å². The number of carbonyl (C=O) groups excluding carboxylic acids is 1. The second-order valence-electron chi connectivity index (χ2n) is 5.23. The highest BCUT2D eigenvalue weighted by molar-refractivity contribution is 6.05. The van der Waals surface area contributed by atoms with Crippen LogP contribution in [0.2, 0.25) is 0 Å². The number of para-hydroxylation sites is 1. The molecule has 4 heteroatoms. The van der Waals surface area contributed by atoms with E-state index in [1.165, 1.54) is 6.26 Å². The number of rotatable bonds is 2. The van der Waals surface area contributed by atoms with E-state index in [1.807, 2.05) is 32.0 Å². The number of anilines is 1. The molecule has 0 aliphatic carbocycles. The molecule has 0 unspecified atom stereocenters. The lowest BCUT2D eigenvalue weighted by Crippen LogP contribution is -2.21. The van der Waals surface area contributed by atoms with Crippen molar-refractivity contribution in [2.45, 2.75) is 13.8 Å².